The van der Waals surface area contributed by atoms with Crippen molar-refractivity contribution in [3.8, 4) is 0 Å². The number of nitrogens with one attached hydrogen (secondary N) is 2. The minimum absolute atomic E-state index is 0.0399. The highest BCUT2D eigenvalue weighted by Crippen LogP contribution is 2.08. The zero-order valence-corrected chi connectivity index (χ0v) is 13.7. The molecule has 0 aromatic rings. The van der Waals surface area contributed by atoms with E-state index >= 15 is 0 Å². The summed E-state index contributed by atoms with van der Waals surface area (Å²) in [6.45, 7) is 6.89. The number of amides is 2. The van der Waals surface area contributed by atoms with E-state index in [1.807, 2.05) is 13.0 Å². The summed E-state index contributed by atoms with van der Waals surface area (Å²) in [6, 6.07) is 0. The Morgan fingerprint density at radius 1 is 1.18 bits per heavy atom. The Bertz CT molecular complexity index is 322. The standard InChI is InChI=1S/C16H31N3O3/c1-3-4-5-6-7-8-14(2)22-13-16(21)18-11-9-15(20)19-12-10-17/h3,14H,1,4-13,17H2,2H3,(H,18,21)(H,19,20). The van der Waals surface area contributed by atoms with Gasteiger partial charge in [0.15, 0.2) is 0 Å². The molecule has 0 bridgehead atoms. The third-order valence-corrected chi connectivity index (χ3v) is 3.16. The van der Waals surface area contributed by atoms with Crippen LogP contribution in [0.4, 0.5) is 0 Å². The van der Waals surface area contributed by atoms with Gasteiger partial charge in [0.05, 0.1) is 6.10 Å². The van der Waals surface area contributed by atoms with Crippen LogP contribution in [0.5, 0.6) is 0 Å². The van der Waals surface area contributed by atoms with Gasteiger partial charge in [-0.05, 0) is 26.2 Å². The van der Waals surface area contributed by atoms with Crippen molar-refractivity contribution < 1.29 is 14.3 Å². The molecule has 0 heterocycles. The van der Waals surface area contributed by atoms with Gasteiger partial charge in [0, 0.05) is 26.1 Å². The Labute approximate surface area is 133 Å². The van der Waals surface area contributed by atoms with Crippen LogP contribution >= 0.6 is 0 Å². The van der Waals surface area contributed by atoms with Crippen molar-refractivity contribution in [2.45, 2.75) is 51.6 Å². The summed E-state index contributed by atoms with van der Waals surface area (Å²) in [7, 11) is 0. The van der Waals surface area contributed by atoms with E-state index in [0.717, 1.165) is 32.1 Å². The predicted octanol–water partition coefficient (Wildman–Crippen LogP) is 1.11. The van der Waals surface area contributed by atoms with Crippen molar-refractivity contribution >= 4 is 11.8 Å². The lowest BCUT2D eigenvalue weighted by atomic mass is 10.1. The minimum Gasteiger partial charge on any atom is -0.369 e. The second-order valence-corrected chi connectivity index (χ2v) is 5.29. The second kappa shape index (κ2) is 14.5. The van der Waals surface area contributed by atoms with Crippen LogP contribution in [-0.4, -0.2) is 44.2 Å². The van der Waals surface area contributed by atoms with Crippen molar-refractivity contribution in [2.24, 2.45) is 5.73 Å². The number of carbonyl (C=O) groups is 2. The Morgan fingerprint density at radius 3 is 2.59 bits per heavy atom. The summed E-state index contributed by atoms with van der Waals surface area (Å²) in [5, 5.41) is 5.30. The molecule has 0 aliphatic carbocycles. The van der Waals surface area contributed by atoms with Gasteiger partial charge >= 0.3 is 0 Å². The van der Waals surface area contributed by atoms with Crippen molar-refractivity contribution in [2.75, 3.05) is 26.2 Å². The van der Waals surface area contributed by atoms with Crippen LogP contribution in [0.3, 0.4) is 0 Å². The van der Waals surface area contributed by atoms with Gasteiger partial charge in [-0.15, -0.1) is 6.58 Å². The van der Waals surface area contributed by atoms with Crippen LogP contribution in [0, 0.1) is 0 Å². The fraction of sp³-hybridized carbons (Fsp3) is 0.750. The Hall–Kier alpha value is -1.40. The number of rotatable bonds is 14. The van der Waals surface area contributed by atoms with E-state index < -0.39 is 0 Å². The fourth-order valence-electron chi connectivity index (χ4n) is 1.86. The summed E-state index contributed by atoms with van der Waals surface area (Å²) in [6.07, 6.45) is 7.67. The largest absolute Gasteiger partial charge is 0.369 e. The van der Waals surface area contributed by atoms with Gasteiger partial charge in [0.1, 0.15) is 6.61 Å². The molecule has 0 radical (unpaired) electrons. The van der Waals surface area contributed by atoms with Gasteiger partial charge in [-0.3, -0.25) is 9.59 Å². The zero-order chi connectivity index (χ0) is 16.6. The van der Waals surface area contributed by atoms with E-state index in [2.05, 4.69) is 17.2 Å². The van der Waals surface area contributed by atoms with Crippen molar-refractivity contribution in [3.05, 3.63) is 12.7 Å². The van der Waals surface area contributed by atoms with Gasteiger partial charge < -0.3 is 21.1 Å². The minimum atomic E-state index is -0.190. The molecule has 0 aliphatic heterocycles. The third-order valence-electron chi connectivity index (χ3n) is 3.16. The molecular weight excluding hydrogens is 282 g/mol. The first-order valence-corrected chi connectivity index (χ1v) is 8.06. The molecule has 6 nitrogen and oxygen atoms in total. The Kier molecular flexibility index (Phi) is 13.6. The molecule has 4 N–H and O–H groups in total. The molecule has 0 aromatic carbocycles. The summed E-state index contributed by atoms with van der Waals surface area (Å²) in [4.78, 5) is 22.8. The molecule has 2 amide bonds. The second-order valence-electron chi connectivity index (χ2n) is 5.29. The molecule has 1 unspecified atom stereocenters. The molecule has 1 atom stereocenters. The topological polar surface area (TPSA) is 93.4 Å². The number of hydrogen-bond acceptors (Lipinski definition) is 4. The van der Waals surface area contributed by atoms with E-state index in [1.54, 1.807) is 0 Å². The molecule has 0 rings (SSSR count). The maximum Gasteiger partial charge on any atom is 0.246 e. The number of ether oxygens (including phenoxy) is 1. The first-order chi connectivity index (χ1) is 10.6. The average molecular weight is 313 g/mol. The van der Waals surface area contributed by atoms with Crippen LogP contribution < -0.4 is 16.4 Å². The van der Waals surface area contributed by atoms with Crippen molar-refractivity contribution in [3.63, 3.8) is 0 Å². The quantitative estimate of drug-likeness (QED) is 0.331. The number of unbranched alkanes of at least 4 members (excludes halogenated alkanes) is 3. The van der Waals surface area contributed by atoms with Gasteiger partial charge in [-0.2, -0.15) is 0 Å². The highest BCUT2D eigenvalue weighted by atomic mass is 16.5. The van der Waals surface area contributed by atoms with Crippen LogP contribution in [-0.2, 0) is 14.3 Å². The van der Waals surface area contributed by atoms with E-state index in [9.17, 15) is 9.59 Å². The smallest absolute Gasteiger partial charge is 0.246 e. The number of allylic oxidation sites excluding steroid dienone is 1. The zero-order valence-electron chi connectivity index (χ0n) is 13.7. The van der Waals surface area contributed by atoms with E-state index in [1.165, 1.54) is 0 Å². The number of hydrogen-bond donors (Lipinski definition) is 3. The van der Waals surface area contributed by atoms with Crippen LogP contribution in [0.2, 0.25) is 0 Å². The van der Waals surface area contributed by atoms with E-state index in [-0.39, 0.29) is 30.9 Å². The van der Waals surface area contributed by atoms with Crippen LogP contribution in [0.15, 0.2) is 12.7 Å². The lowest BCUT2D eigenvalue weighted by Gasteiger charge is -2.13. The van der Waals surface area contributed by atoms with Crippen molar-refractivity contribution in [1.29, 1.82) is 0 Å². The van der Waals surface area contributed by atoms with Gasteiger partial charge in [0.2, 0.25) is 11.8 Å². The molecule has 0 fully saturated rings. The summed E-state index contributed by atoms with van der Waals surface area (Å²) in [5.41, 5.74) is 5.27. The Balaban J connectivity index is 3.51. The molecular formula is C16H31N3O3. The van der Waals surface area contributed by atoms with Crippen LogP contribution in [0.25, 0.3) is 0 Å². The molecule has 0 saturated heterocycles. The summed E-state index contributed by atoms with van der Waals surface area (Å²) in [5.74, 6) is -0.301. The third kappa shape index (κ3) is 13.6. The molecule has 128 valence electrons. The molecule has 6 heteroatoms. The number of nitrogens with two attached hydrogens (primary N) is 1. The molecule has 0 aromatic heterocycles. The Morgan fingerprint density at radius 2 is 1.91 bits per heavy atom. The molecule has 0 spiro atoms. The fourth-order valence-corrected chi connectivity index (χ4v) is 1.86. The maximum atomic E-state index is 11.6. The molecule has 0 aliphatic rings. The normalized spacial score (nSPS) is 11.7. The van der Waals surface area contributed by atoms with Gasteiger partial charge in [-0.1, -0.05) is 18.9 Å². The van der Waals surface area contributed by atoms with Crippen molar-refractivity contribution in [1.82, 2.24) is 10.6 Å². The SMILES string of the molecule is C=CCCCCCC(C)OCC(=O)NCCC(=O)NCCN. The van der Waals surface area contributed by atoms with E-state index in [0.29, 0.717) is 19.6 Å². The summed E-state index contributed by atoms with van der Waals surface area (Å²) >= 11 is 0. The summed E-state index contributed by atoms with van der Waals surface area (Å²) < 4.78 is 5.48. The molecule has 22 heavy (non-hydrogen) atoms. The van der Waals surface area contributed by atoms with Gasteiger partial charge in [0.25, 0.3) is 0 Å². The van der Waals surface area contributed by atoms with Gasteiger partial charge in [-0.25, -0.2) is 0 Å². The predicted molar refractivity (Wildman–Crippen MR) is 88.4 cm³/mol. The first-order valence-electron chi connectivity index (χ1n) is 8.06. The highest BCUT2D eigenvalue weighted by Gasteiger charge is 2.07. The average Bonchev–Trinajstić information content (AvgIpc) is 2.50. The van der Waals surface area contributed by atoms with E-state index in [4.69, 9.17) is 10.5 Å². The highest BCUT2D eigenvalue weighted by molar-refractivity contribution is 5.79. The lowest BCUT2D eigenvalue weighted by molar-refractivity contribution is -0.127. The number of carbonyl (C=O) groups excluding carboxylic acids is 2. The lowest BCUT2D eigenvalue weighted by Crippen LogP contribution is -2.34. The first kappa shape index (κ1) is 20.6. The molecule has 0 saturated carbocycles. The maximum absolute atomic E-state index is 11.6. The van der Waals surface area contributed by atoms with Crippen LogP contribution in [0.1, 0.15) is 45.4 Å². The monoisotopic (exact) mass is 313 g/mol.